The third-order valence-corrected chi connectivity index (χ3v) is 5.35. The van der Waals surface area contributed by atoms with Crippen LogP contribution in [-0.4, -0.2) is 60.7 Å². The first-order chi connectivity index (χ1) is 12.1. The third-order valence-electron chi connectivity index (χ3n) is 5.35. The number of methoxy groups -OCH3 is 1. The zero-order valence-electron chi connectivity index (χ0n) is 15.7. The molecule has 1 spiro atoms. The van der Waals surface area contributed by atoms with Crippen molar-refractivity contribution in [1.29, 1.82) is 0 Å². The highest BCUT2D eigenvalue weighted by molar-refractivity contribution is 5.86. The fraction of sp³-hybridized carbons (Fsp3) is 0.650. The van der Waals surface area contributed by atoms with E-state index in [1.165, 1.54) is 0 Å². The lowest BCUT2D eigenvalue weighted by atomic mass is 9.93. The van der Waals surface area contributed by atoms with E-state index in [1.54, 1.807) is 7.11 Å². The summed E-state index contributed by atoms with van der Waals surface area (Å²) >= 11 is 0. The number of ether oxygens (including phenoxy) is 2. The van der Waals surface area contributed by atoms with E-state index in [1.807, 2.05) is 23.1 Å². The summed E-state index contributed by atoms with van der Waals surface area (Å²) in [6.45, 7) is 7.91. The molecule has 5 nitrogen and oxygen atoms in total. The number of carbonyl (C=O) groups excluding carboxylic acids is 1. The van der Waals surface area contributed by atoms with Crippen LogP contribution in [0.25, 0.3) is 0 Å². The SMILES string of the molecule is COc1ccccc1CN1CCOC2(CCCCN(C(C)C)C2=O)C1. The van der Waals surface area contributed by atoms with Gasteiger partial charge in [-0.1, -0.05) is 18.2 Å². The van der Waals surface area contributed by atoms with Crippen LogP contribution in [0.2, 0.25) is 0 Å². The molecule has 1 unspecified atom stereocenters. The van der Waals surface area contributed by atoms with Gasteiger partial charge in [-0.3, -0.25) is 9.69 Å². The van der Waals surface area contributed by atoms with Crippen molar-refractivity contribution < 1.29 is 14.3 Å². The van der Waals surface area contributed by atoms with Crippen LogP contribution in [0.1, 0.15) is 38.7 Å². The van der Waals surface area contributed by atoms with Gasteiger partial charge in [0.1, 0.15) is 5.75 Å². The summed E-state index contributed by atoms with van der Waals surface area (Å²) in [5, 5.41) is 0. The van der Waals surface area contributed by atoms with Crippen LogP contribution < -0.4 is 4.74 Å². The number of likely N-dealkylation sites (tertiary alicyclic amines) is 1. The molecular weight excluding hydrogens is 316 g/mol. The maximum Gasteiger partial charge on any atom is 0.256 e. The summed E-state index contributed by atoms with van der Waals surface area (Å²) in [4.78, 5) is 17.6. The van der Waals surface area contributed by atoms with Crippen molar-refractivity contribution in [2.75, 3.05) is 33.4 Å². The smallest absolute Gasteiger partial charge is 0.256 e. The number of nitrogens with zero attached hydrogens (tertiary/aromatic N) is 2. The van der Waals surface area contributed by atoms with Crippen LogP contribution in [-0.2, 0) is 16.1 Å². The zero-order chi connectivity index (χ0) is 17.9. The summed E-state index contributed by atoms with van der Waals surface area (Å²) in [5.41, 5.74) is 0.477. The summed E-state index contributed by atoms with van der Waals surface area (Å²) in [5.74, 6) is 1.07. The molecule has 2 aliphatic heterocycles. The molecule has 1 atom stereocenters. The molecule has 2 fully saturated rings. The minimum absolute atomic E-state index is 0.171. The number of rotatable bonds is 4. The molecule has 0 saturated carbocycles. The van der Waals surface area contributed by atoms with Crippen molar-refractivity contribution >= 4 is 5.91 Å². The lowest BCUT2D eigenvalue weighted by Crippen LogP contribution is -2.60. The van der Waals surface area contributed by atoms with Crippen LogP contribution >= 0.6 is 0 Å². The van der Waals surface area contributed by atoms with Crippen LogP contribution in [0.5, 0.6) is 5.75 Å². The standard InChI is InChI=1S/C20H30N2O3/c1-16(2)22-11-7-6-10-20(19(22)23)15-21(12-13-25-20)14-17-8-4-5-9-18(17)24-3/h4-5,8-9,16H,6-7,10-15H2,1-3H3. The molecule has 2 heterocycles. The Bertz CT molecular complexity index is 604. The quantitative estimate of drug-likeness (QED) is 0.841. The minimum atomic E-state index is -0.680. The highest BCUT2D eigenvalue weighted by Gasteiger charge is 2.47. The Morgan fingerprint density at radius 3 is 2.80 bits per heavy atom. The first-order valence-electron chi connectivity index (χ1n) is 9.35. The first-order valence-corrected chi connectivity index (χ1v) is 9.35. The average Bonchev–Trinajstić information content (AvgIpc) is 2.76. The molecule has 0 aromatic heterocycles. The zero-order valence-corrected chi connectivity index (χ0v) is 15.7. The number of hydrogen-bond acceptors (Lipinski definition) is 4. The molecular formula is C20H30N2O3. The maximum absolute atomic E-state index is 13.2. The number of para-hydroxylation sites is 1. The second-order valence-electron chi connectivity index (χ2n) is 7.41. The van der Waals surface area contributed by atoms with Gasteiger partial charge < -0.3 is 14.4 Å². The second kappa shape index (κ2) is 7.75. The Morgan fingerprint density at radius 2 is 2.04 bits per heavy atom. The molecule has 0 aliphatic carbocycles. The summed E-state index contributed by atoms with van der Waals surface area (Å²) in [7, 11) is 1.70. The third kappa shape index (κ3) is 3.82. The Labute approximate surface area is 150 Å². The molecule has 0 radical (unpaired) electrons. The highest BCUT2D eigenvalue weighted by Crippen LogP contribution is 2.32. The number of morpholine rings is 1. The van der Waals surface area contributed by atoms with E-state index in [0.717, 1.165) is 50.2 Å². The minimum Gasteiger partial charge on any atom is -0.496 e. The Morgan fingerprint density at radius 1 is 1.24 bits per heavy atom. The molecule has 1 aromatic rings. The van der Waals surface area contributed by atoms with Crippen molar-refractivity contribution in [3.05, 3.63) is 29.8 Å². The van der Waals surface area contributed by atoms with Gasteiger partial charge in [-0.15, -0.1) is 0 Å². The molecule has 0 N–H and O–H groups in total. The predicted molar refractivity (Wildman–Crippen MR) is 97.7 cm³/mol. The van der Waals surface area contributed by atoms with Gasteiger partial charge >= 0.3 is 0 Å². The molecule has 25 heavy (non-hydrogen) atoms. The molecule has 5 heteroatoms. The van der Waals surface area contributed by atoms with E-state index >= 15 is 0 Å². The van der Waals surface area contributed by atoms with Gasteiger partial charge in [0.05, 0.1) is 13.7 Å². The van der Waals surface area contributed by atoms with E-state index in [9.17, 15) is 4.79 Å². The van der Waals surface area contributed by atoms with Crippen molar-refractivity contribution in [3.8, 4) is 5.75 Å². The molecule has 1 amide bonds. The first kappa shape index (κ1) is 18.2. The van der Waals surface area contributed by atoms with Crippen molar-refractivity contribution in [1.82, 2.24) is 9.80 Å². The topological polar surface area (TPSA) is 42.0 Å². The van der Waals surface area contributed by atoms with E-state index in [0.29, 0.717) is 13.2 Å². The van der Waals surface area contributed by atoms with Gasteiger partial charge in [0.15, 0.2) is 5.60 Å². The number of amides is 1. The lowest BCUT2D eigenvalue weighted by Gasteiger charge is -2.43. The van der Waals surface area contributed by atoms with E-state index in [2.05, 4.69) is 24.8 Å². The molecule has 3 rings (SSSR count). The average molecular weight is 346 g/mol. The summed E-state index contributed by atoms with van der Waals surface area (Å²) in [6, 6.07) is 8.32. The molecule has 138 valence electrons. The number of benzene rings is 1. The number of hydrogen-bond donors (Lipinski definition) is 0. The fourth-order valence-electron chi connectivity index (χ4n) is 4.00. The number of carbonyl (C=O) groups is 1. The molecule has 2 aliphatic rings. The lowest BCUT2D eigenvalue weighted by molar-refractivity contribution is -0.172. The van der Waals surface area contributed by atoms with Gasteiger partial charge in [-0.05, 0) is 39.2 Å². The van der Waals surface area contributed by atoms with Gasteiger partial charge in [-0.25, -0.2) is 0 Å². The normalized spacial score (nSPS) is 25.4. The molecule has 0 bridgehead atoms. The molecule has 1 aromatic carbocycles. The van der Waals surface area contributed by atoms with E-state index < -0.39 is 5.60 Å². The summed E-state index contributed by atoms with van der Waals surface area (Å²) in [6.07, 6.45) is 2.91. The van der Waals surface area contributed by atoms with E-state index in [-0.39, 0.29) is 11.9 Å². The van der Waals surface area contributed by atoms with Crippen LogP contribution in [0.15, 0.2) is 24.3 Å². The van der Waals surface area contributed by atoms with Gasteiger partial charge in [0.2, 0.25) is 0 Å². The van der Waals surface area contributed by atoms with Crippen LogP contribution in [0, 0.1) is 0 Å². The predicted octanol–water partition coefficient (Wildman–Crippen LogP) is 2.69. The Kier molecular flexibility index (Phi) is 5.64. The van der Waals surface area contributed by atoms with Crippen molar-refractivity contribution in [3.63, 3.8) is 0 Å². The van der Waals surface area contributed by atoms with Crippen molar-refractivity contribution in [2.24, 2.45) is 0 Å². The van der Waals surface area contributed by atoms with Gasteiger partial charge in [0.25, 0.3) is 5.91 Å². The summed E-state index contributed by atoms with van der Waals surface area (Å²) < 4.78 is 11.6. The fourth-order valence-corrected chi connectivity index (χ4v) is 4.00. The Balaban J connectivity index is 1.78. The maximum atomic E-state index is 13.2. The van der Waals surface area contributed by atoms with Gasteiger partial charge in [-0.2, -0.15) is 0 Å². The molecule has 2 saturated heterocycles. The largest absolute Gasteiger partial charge is 0.496 e. The monoisotopic (exact) mass is 346 g/mol. The van der Waals surface area contributed by atoms with Crippen LogP contribution in [0.4, 0.5) is 0 Å². The van der Waals surface area contributed by atoms with Crippen molar-refractivity contribution in [2.45, 2.75) is 51.3 Å². The van der Waals surface area contributed by atoms with Crippen LogP contribution in [0.3, 0.4) is 0 Å². The highest BCUT2D eigenvalue weighted by atomic mass is 16.5. The second-order valence-corrected chi connectivity index (χ2v) is 7.41. The van der Waals surface area contributed by atoms with Gasteiger partial charge in [0, 0.05) is 37.8 Å². The Hall–Kier alpha value is -1.59. The van der Waals surface area contributed by atoms with E-state index in [4.69, 9.17) is 9.47 Å².